The summed E-state index contributed by atoms with van der Waals surface area (Å²) in [5, 5.41) is 2.18. The minimum atomic E-state index is -5.07. The summed E-state index contributed by atoms with van der Waals surface area (Å²) in [6, 6.07) is 10.0. The Hall–Kier alpha value is -4.16. The van der Waals surface area contributed by atoms with Crippen LogP contribution < -0.4 is 15.0 Å². The van der Waals surface area contributed by atoms with Gasteiger partial charge in [0, 0.05) is 11.9 Å². The Labute approximate surface area is 216 Å². The Morgan fingerprint density at radius 3 is 1.95 bits per heavy atom. The number of carbonyl (C=O) groups excluding carboxylic acids is 1. The van der Waals surface area contributed by atoms with E-state index in [2.05, 4.69) is 5.32 Å². The third-order valence-corrected chi connectivity index (χ3v) is 5.30. The second-order valence-electron chi connectivity index (χ2n) is 8.11. The van der Waals surface area contributed by atoms with Crippen LogP contribution in [0.2, 0.25) is 0 Å². The third kappa shape index (κ3) is 7.91. The molecule has 2 amide bonds. The van der Waals surface area contributed by atoms with Crippen LogP contribution in [0.1, 0.15) is 27.8 Å². The van der Waals surface area contributed by atoms with Gasteiger partial charge in [0.1, 0.15) is 5.75 Å². The van der Waals surface area contributed by atoms with Gasteiger partial charge in [-0.2, -0.15) is 39.5 Å². The van der Waals surface area contributed by atoms with Crippen LogP contribution in [0.15, 0.2) is 72.9 Å². The molecule has 0 aromatic heterocycles. The molecule has 0 aliphatic heterocycles. The molecule has 0 heterocycles. The lowest BCUT2D eigenvalue weighted by molar-refractivity contribution is -0.143. The molecule has 3 rings (SSSR count). The molecule has 0 fully saturated rings. The number of nitrogens with one attached hydrogen (secondary N) is 1. The molecule has 3 aromatic rings. The lowest BCUT2D eigenvalue weighted by atomic mass is 10.0. The highest BCUT2D eigenvalue weighted by Crippen LogP contribution is 2.37. The van der Waals surface area contributed by atoms with Crippen molar-refractivity contribution in [2.24, 2.45) is 0 Å². The summed E-state index contributed by atoms with van der Waals surface area (Å²) in [7, 11) is 1.39. The molecule has 0 aliphatic rings. The van der Waals surface area contributed by atoms with Crippen LogP contribution in [0, 0.1) is 0 Å². The molecule has 4 nitrogen and oxygen atoms in total. The highest BCUT2D eigenvalue weighted by atomic mass is 19.4. The highest BCUT2D eigenvalue weighted by Gasteiger charge is 2.36. The molecule has 0 saturated carbocycles. The summed E-state index contributed by atoms with van der Waals surface area (Å²) >= 11 is 0. The zero-order valence-corrected chi connectivity index (χ0v) is 19.9. The van der Waals surface area contributed by atoms with Crippen molar-refractivity contribution in [2.75, 3.05) is 12.0 Å². The Bertz CT molecular complexity index is 1310. The van der Waals surface area contributed by atoms with Crippen molar-refractivity contribution in [1.82, 2.24) is 5.32 Å². The van der Waals surface area contributed by atoms with E-state index < -0.39 is 46.8 Å². The van der Waals surface area contributed by atoms with Gasteiger partial charge in [0.25, 0.3) is 0 Å². The van der Waals surface area contributed by atoms with E-state index in [9.17, 15) is 44.3 Å². The number of hydrogen-bond acceptors (Lipinski definition) is 2. The number of halogens is 9. The lowest BCUT2D eigenvalue weighted by Gasteiger charge is -2.24. The van der Waals surface area contributed by atoms with Gasteiger partial charge in [-0.1, -0.05) is 18.2 Å². The third-order valence-electron chi connectivity index (χ3n) is 5.30. The average Bonchev–Trinajstić information content (AvgIpc) is 2.85. The number of alkyl halides is 9. The summed E-state index contributed by atoms with van der Waals surface area (Å²) in [5.41, 5.74) is -4.37. The SMILES string of the molecule is COc1cccc(CN(C(=O)N/C=C/c2cc(C(F)(F)F)cc(C(F)(F)F)c2)c2cccc(C(F)(F)F)c2)c1. The molecule has 13 heteroatoms. The van der Waals surface area contributed by atoms with Gasteiger partial charge in [-0.25, -0.2) is 4.79 Å². The van der Waals surface area contributed by atoms with E-state index in [0.29, 0.717) is 23.4 Å². The molecule has 0 atom stereocenters. The minimum absolute atomic E-state index is 0.0422. The molecule has 208 valence electrons. The van der Waals surface area contributed by atoms with Crippen molar-refractivity contribution in [3.63, 3.8) is 0 Å². The standard InChI is InChI=1S/C26H19F9N2O2/c1-39-22-7-2-4-17(12-22)15-37(21-6-3-5-18(14-21)24(27,28)29)23(38)36-9-8-16-10-19(25(30,31)32)13-20(11-16)26(33,34)35/h2-14H,15H2,1H3,(H,36,38)/b9-8+. The number of rotatable bonds is 6. The van der Waals surface area contributed by atoms with Crippen LogP contribution in [0.3, 0.4) is 0 Å². The fraction of sp³-hybridized carbons (Fsp3) is 0.192. The van der Waals surface area contributed by atoms with E-state index in [4.69, 9.17) is 4.74 Å². The molecule has 0 spiro atoms. The molecule has 0 bridgehead atoms. The maximum atomic E-state index is 13.3. The number of benzene rings is 3. The van der Waals surface area contributed by atoms with Gasteiger partial charge in [0.05, 0.1) is 30.3 Å². The predicted octanol–water partition coefficient (Wildman–Crippen LogP) is 8.14. The van der Waals surface area contributed by atoms with Crippen molar-refractivity contribution in [3.8, 4) is 5.75 Å². The highest BCUT2D eigenvalue weighted by molar-refractivity contribution is 5.93. The fourth-order valence-corrected chi connectivity index (χ4v) is 3.45. The predicted molar refractivity (Wildman–Crippen MR) is 125 cm³/mol. The number of methoxy groups -OCH3 is 1. The first kappa shape index (κ1) is 29.4. The first-order valence-electron chi connectivity index (χ1n) is 10.9. The van der Waals surface area contributed by atoms with Gasteiger partial charge in [-0.05, 0) is 65.7 Å². The number of amides is 2. The van der Waals surface area contributed by atoms with Gasteiger partial charge < -0.3 is 10.1 Å². The maximum absolute atomic E-state index is 13.3. The Kier molecular flexibility index (Phi) is 8.51. The zero-order valence-electron chi connectivity index (χ0n) is 19.9. The summed E-state index contributed by atoms with van der Waals surface area (Å²) in [4.78, 5) is 13.9. The van der Waals surface area contributed by atoms with Gasteiger partial charge >= 0.3 is 24.6 Å². The molecular formula is C26H19F9N2O2. The smallest absolute Gasteiger partial charge is 0.416 e. The number of hydrogen-bond donors (Lipinski definition) is 1. The van der Waals surface area contributed by atoms with Crippen molar-refractivity contribution in [2.45, 2.75) is 25.1 Å². The van der Waals surface area contributed by atoms with E-state index in [1.807, 2.05) is 0 Å². The number of anilines is 1. The van der Waals surface area contributed by atoms with Crippen molar-refractivity contribution < 1.29 is 49.0 Å². The topological polar surface area (TPSA) is 41.6 Å². The van der Waals surface area contributed by atoms with Crippen LogP contribution in [0.5, 0.6) is 5.75 Å². The normalized spacial score (nSPS) is 12.5. The van der Waals surface area contributed by atoms with Crippen LogP contribution in [-0.2, 0) is 25.1 Å². The molecule has 39 heavy (non-hydrogen) atoms. The minimum Gasteiger partial charge on any atom is -0.497 e. The van der Waals surface area contributed by atoms with Crippen molar-refractivity contribution >= 4 is 17.8 Å². The Morgan fingerprint density at radius 2 is 1.38 bits per heavy atom. The van der Waals surface area contributed by atoms with Crippen LogP contribution in [0.25, 0.3) is 6.08 Å². The Morgan fingerprint density at radius 1 is 0.795 bits per heavy atom. The van der Waals surface area contributed by atoms with E-state index in [1.165, 1.54) is 19.2 Å². The van der Waals surface area contributed by atoms with E-state index in [1.54, 1.807) is 18.2 Å². The first-order chi connectivity index (χ1) is 18.1. The van der Waals surface area contributed by atoms with Gasteiger partial charge in [0.15, 0.2) is 0 Å². The van der Waals surface area contributed by atoms with Gasteiger partial charge in [-0.3, -0.25) is 4.90 Å². The zero-order chi connectivity index (χ0) is 29.0. The average molecular weight is 562 g/mol. The second-order valence-corrected chi connectivity index (χ2v) is 8.11. The molecular weight excluding hydrogens is 543 g/mol. The van der Waals surface area contributed by atoms with Gasteiger partial charge in [-0.15, -0.1) is 0 Å². The molecule has 0 radical (unpaired) electrons. The summed E-state index contributed by atoms with van der Waals surface area (Å²) < 4.78 is 124. The van der Waals surface area contributed by atoms with E-state index in [-0.39, 0.29) is 18.3 Å². The van der Waals surface area contributed by atoms with Gasteiger partial charge in [0.2, 0.25) is 0 Å². The molecule has 0 unspecified atom stereocenters. The number of urea groups is 1. The first-order valence-corrected chi connectivity index (χ1v) is 10.9. The monoisotopic (exact) mass is 562 g/mol. The summed E-state index contributed by atoms with van der Waals surface area (Å²) in [6.45, 7) is -0.250. The molecule has 1 N–H and O–H groups in total. The largest absolute Gasteiger partial charge is 0.497 e. The fourth-order valence-electron chi connectivity index (χ4n) is 3.45. The van der Waals surface area contributed by atoms with Crippen LogP contribution in [-0.4, -0.2) is 13.1 Å². The quantitative estimate of drug-likeness (QED) is 0.308. The van der Waals surface area contributed by atoms with E-state index >= 15 is 0 Å². The lowest BCUT2D eigenvalue weighted by Crippen LogP contribution is -2.37. The summed E-state index contributed by atoms with van der Waals surface area (Å²) in [5.74, 6) is 0.404. The van der Waals surface area contributed by atoms with Crippen LogP contribution in [0.4, 0.5) is 50.0 Å². The van der Waals surface area contributed by atoms with Crippen molar-refractivity contribution in [3.05, 3.63) is 101 Å². The summed E-state index contributed by atoms with van der Waals surface area (Å²) in [6.07, 6.45) is -13.2. The molecule has 0 saturated heterocycles. The van der Waals surface area contributed by atoms with Crippen molar-refractivity contribution in [1.29, 1.82) is 0 Å². The van der Waals surface area contributed by atoms with Crippen LogP contribution >= 0.6 is 0 Å². The second kappa shape index (κ2) is 11.3. The maximum Gasteiger partial charge on any atom is 0.416 e. The molecule has 3 aromatic carbocycles. The number of nitrogens with zero attached hydrogens (tertiary/aromatic N) is 1. The Balaban J connectivity index is 1.93. The number of ether oxygens (including phenoxy) is 1. The van der Waals surface area contributed by atoms with E-state index in [0.717, 1.165) is 35.4 Å². The number of carbonyl (C=O) groups is 1. The molecule has 0 aliphatic carbocycles.